The molecule has 0 saturated heterocycles. The molecule has 28 heavy (non-hydrogen) atoms. The molecule has 0 amide bonds. The summed E-state index contributed by atoms with van der Waals surface area (Å²) in [6.07, 6.45) is -0.622. The Morgan fingerprint density at radius 3 is 2.46 bits per heavy atom. The highest BCUT2D eigenvalue weighted by Crippen LogP contribution is 2.42. The van der Waals surface area contributed by atoms with Crippen LogP contribution in [0.1, 0.15) is 28.2 Å². The van der Waals surface area contributed by atoms with Crippen LogP contribution in [0.5, 0.6) is 0 Å². The second-order valence-corrected chi connectivity index (χ2v) is 9.04. The van der Waals surface area contributed by atoms with Crippen molar-refractivity contribution in [3.05, 3.63) is 106 Å². The van der Waals surface area contributed by atoms with Gasteiger partial charge in [-0.15, -0.1) is 11.8 Å². The van der Waals surface area contributed by atoms with E-state index in [4.69, 9.17) is 6.57 Å². The minimum atomic E-state index is -1.45. The lowest BCUT2D eigenvalue weighted by Gasteiger charge is -2.22. The van der Waals surface area contributed by atoms with Crippen LogP contribution in [0.15, 0.2) is 82.6 Å². The van der Waals surface area contributed by atoms with Gasteiger partial charge in [-0.3, -0.25) is 4.85 Å². The maximum atomic E-state index is 12.9. The van der Waals surface area contributed by atoms with Crippen LogP contribution in [0.2, 0.25) is 0 Å². The van der Waals surface area contributed by atoms with Gasteiger partial charge in [0, 0.05) is 10.6 Å². The Balaban J connectivity index is 1.73. The van der Waals surface area contributed by atoms with E-state index in [1.54, 1.807) is 11.8 Å². The Morgan fingerprint density at radius 2 is 1.71 bits per heavy atom. The zero-order valence-corrected chi connectivity index (χ0v) is 17.1. The van der Waals surface area contributed by atoms with Gasteiger partial charge in [0.2, 0.25) is 0 Å². The molecule has 0 bridgehead atoms. The number of nitrogens with one attached hydrogen (secondary N) is 1. The maximum Gasteiger partial charge on any atom is 0.325 e. The summed E-state index contributed by atoms with van der Waals surface area (Å²) in [5, 5.41) is 0. The lowest BCUT2D eigenvalue weighted by Crippen LogP contribution is -2.37. The van der Waals surface area contributed by atoms with Gasteiger partial charge in [-0.25, -0.2) is 6.57 Å². The molecule has 3 atom stereocenters. The third kappa shape index (κ3) is 3.82. The van der Waals surface area contributed by atoms with E-state index in [2.05, 4.69) is 33.8 Å². The zero-order chi connectivity index (χ0) is 19.5. The van der Waals surface area contributed by atoms with Gasteiger partial charge in [0.25, 0.3) is 0 Å². The fourth-order valence-electron chi connectivity index (χ4n) is 3.51. The van der Waals surface area contributed by atoms with E-state index in [9.17, 15) is 4.55 Å². The minimum absolute atomic E-state index is 0.172. The molecule has 0 fully saturated rings. The van der Waals surface area contributed by atoms with E-state index < -0.39 is 17.5 Å². The van der Waals surface area contributed by atoms with Crippen molar-refractivity contribution in [2.75, 3.05) is 0 Å². The first kappa shape index (κ1) is 19.1. The summed E-state index contributed by atoms with van der Waals surface area (Å²) in [7, 11) is 0. The fourth-order valence-corrected chi connectivity index (χ4v) is 5.55. The van der Waals surface area contributed by atoms with Gasteiger partial charge in [0.05, 0.1) is 11.4 Å². The number of fused-ring (bicyclic) bond motifs is 2. The van der Waals surface area contributed by atoms with Crippen molar-refractivity contribution in [3.8, 4) is 0 Å². The third-order valence-electron chi connectivity index (χ3n) is 4.95. The highest BCUT2D eigenvalue weighted by atomic mass is 32.2. The van der Waals surface area contributed by atoms with Crippen molar-refractivity contribution in [2.24, 2.45) is 0 Å². The van der Waals surface area contributed by atoms with Crippen molar-refractivity contribution in [3.63, 3.8) is 0 Å². The summed E-state index contributed by atoms with van der Waals surface area (Å²) in [5.41, 5.74) is 4.60. The van der Waals surface area contributed by atoms with Crippen molar-refractivity contribution < 1.29 is 4.55 Å². The number of aryl methyl sites for hydroxylation is 1. The molecule has 140 valence electrons. The molecule has 1 N–H and O–H groups in total. The van der Waals surface area contributed by atoms with Gasteiger partial charge < -0.3 is 4.55 Å². The van der Waals surface area contributed by atoms with E-state index >= 15 is 0 Å². The molecule has 2 unspecified atom stereocenters. The third-order valence-corrected chi connectivity index (χ3v) is 7.24. The average molecular weight is 405 g/mol. The smallest absolute Gasteiger partial charge is 0.325 e. The molecule has 3 nitrogen and oxygen atoms in total. The van der Waals surface area contributed by atoms with Gasteiger partial charge in [0.15, 0.2) is 4.90 Å². The van der Waals surface area contributed by atoms with Gasteiger partial charge in [-0.05, 0) is 41.8 Å². The maximum absolute atomic E-state index is 12.9. The topological polar surface area (TPSA) is 39.5 Å². The highest BCUT2D eigenvalue weighted by Gasteiger charge is 2.38. The number of benzene rings is 3. The molecular formula is C23H20N2OS2. The molecule has 3 aromatic carbocycles. The summed E-state index contributed by atoms with van der Waals surface area (Å²) in [6.45, 7) is 9.86. The van der Waals surface area contributed by atoms with E-state index in [0.717, 1.165) is 22.4 Å². The Morgan fingerprint density at radius 1 is 1.04 bits per heavy atom. The van der Waals surface area contributed by atoms with Gasteiger partial charge in [-0.2, -0.15) is 0 Å². The first-order valence-corrected chi connectivity index (χ1v) is 11.2. The van der Waals surface area contributed by atoms with Crippen LogP contribution in [0, 0.1) is 13.5 Å². The molecule has 1 heterocycles. The van der Waals surface area contributed by atoms with Crippen molar-refractivity contribution in [1.82, 2.24) is 4.72 Å². The van der Waals surface area contributed by atoms with Gasteiger partial charge >= 0.3 is 6.17 Å². The van der Waals surface area contributed by atoms with Gasteiger partial charge in [0.1, 0.15) is 5.92 Å². The molecule has 0 saturated carbocycles. The Bertz CT molecular complexity index is 966. The molecule has 0 aromatic heterocycles. The number of hydrogen-bond donors (Lipinski definition) is 1. The normalized spacial score (nSPS) is 17.5. The zero-order valence-electron chi connectivity index (χ0n) is 15.5. The lowest BCUT2D eigenvalue weighted by molar-refractivity contribution is 0.553. The fraction of sp³-hybridized carbons (Fsp3) is 0.174. The summed E-state index contributed by atoms with van der Waals surface area (Å²) < 4.78 is 16.0. The standard InChI is InChI=1S/C23H20N2OS2/c1-16-11-13-18(14-12-16)28(26)25-23(24-2)22-19-8-4-3-7-17(19)15-27-21-10-6-5-9-20(21)22/h3-14,22-23,25H,15H2,1H3/t22?,23-,28?/m0/s1. The predicted octanol–water partition coefficient (Wildman–Crippen LogP) is 5.29. The Labute approximate surface area is 173 Å². The molecule has 0 radical (unpaired) electrons. The van der Waals surface area contributed by atoms with E-state index in [1.807, 2.05) is 55.5 Å². The highest BCUT2D eigenvalue weighted by molar-refractivity contribution is 7.98. The second kappa shape index (κ2) is 8.42. The van der Waals surface area contributed by atoms with E-state index in [1.165, 1.54) is 10.5 Å². The molecule has 5 heteroatoms. The molecular weight excluding hydrogens is 384 g/mol. The molecule has 1 aliphatic rings. The van der Waals surface area contributed by atoms with Crippen LogP contribution in [0.4, 0.5) is 0 Å². The van der Waals surface area contributed by atoms with Crippen LogP contribution < -0.4 is 4.72 Å². The number of thioether (sulfide) groups is 1. The molecule has 1 aliphatic heterocycles. The number of nitrogens with zero attached hydrogens (tertiary/aromatic N) is 1. The first-order chi connectivity index (χ1) is 13.7. The number of hydrogen-bond acceptors (Lipinski definition) is 3. The minimum Gasteiger partial charge on any atom is -0.593 e. The molecule has 0 aliphatic carbocycles. The second-order valence-electron chi connectivity index (χ2n) is 6.78. The Hall–Kier alpha value is -2.23. The predicted molar refractivity (Wildman–Crippen MR) is 115 cm³/mol. The summed E-state index contributed by atoms with van der Waals surface area (Å²) in [6, 6.07) is 24.1. The van der Waals surface area contributed by atoms with E-state index in [-0.39, 0.29) is 5.92 Å². The SMILES string of the molecule is [C-]#[N+][C@@H](N[S+]([O-])c1ccc(C)cc1)C1c2ccccc2CSc2ccccc21. The van der Waals surface area contributed by atoms with Crippen molar-refractivity contribution in [2.45, 2.75) is 34.6 Å². The summed E-state index contributed by atoms with van der Waals surface area (Å²) in [5.74, 6) is 0.699. The molecule has 4 rings (SSSR count). The Kier molecular flexibility index (Phi) is 5.74. The first-order valence-electron chi connectivity index (χ1n) is 9.08. The number of rotatable bonds is 4. The van der Waals surface area contributed by atoms with Crippen molar-refractivity contribution in [1.29, 1.82) is 0 Å². The summed E-state index contributed by atoms with van der Waals surface area (Å²) in [4.78, 5) is 5.74. The van der Waals surface area contributed by atoms with Crippen LogP contribution in [0.25, 0.3) is 4.85 Å². The monoisotopic (exact) mass is 404 g/mol. The van der Waals surface area contributed by atoms with Crippen LogP contribution in [-0.4, -0.2) is 10.7 Å². The van der Waals surface area contributed by atoms with Crippen LogP contribution in [-0.2, 0) is 17.1 Å². The van der Waals surface area contributed by atoms with Crippen LogP contribution in [0.3, 0.4) is 0 Å². The lowest BCUT2D eigenvalue weighted by atomic mass is 9.86. The van der Waals surface area contributed by atoms with Crippen molar-refractivity contribution >= 4 is 23.1 Å². The molecule has 3 aromatic rings. The molecule has 0 spiro atoms. The quantitative estimate of drug-likeness (QED) is 0.474. The largest absolute Gasteiger partial charge is 0.593 e. The van der Waals surface area contributed by atoms with Crippen LogP contribution >= 0.6 is 11.8 Å². The average Bonchev–Trinajstić information content (AvgIpc) is 2.89. The summed E-state index contributed by atoms with van der Waals surface area (Å²) >= 11 is 0.341. The van der Waals surface area contributed by atoms with Gasteiger partial charge in [-0.1, -0.05) is 64.9 Å². The van der Waals surface area contributed by atoms with E-state index in [0.29, 0.717) is 4.90 Å².